The summed E-state index contributed by atoms with van der Waals surface area (Å²) in [5.41, 5.74) is 0.563. The molecule has 6 heteroatoms. The molecule has 1 atom stereocenters. The summed E-state index contributed by atoms with van der Waals surface area (Å²) in [5, 5.41) is 13.3. The highest BCUT2D eigenvalue weighted by molar-refractivity contribution is 6.16. The van der Waals surface area contributed by atoms with E-state index in [1.54, 1.807) is 12.1 Å². The predicted molar refractivity (Wildman–Crippen MR) is 54.0 cm³/mol. The van der Waals surface area contributed by atoms with Crippen LogP contribution in [0, 0.1) is 0 Å². The molecule has 0 saturated carbocycles. The Balaban J connectivity index is 2.44. The van der Waals surface area contributed by atoms with Gasteiger partial charge in [0.25, 0.3) is 11.8 Å². The van der Waals surface area contributed by atoms with Gasteiger partial charge in [0.15, 0.2) is 0 Å². The van der Waals surface area contributed by atoms with Crippen molar-refractivity contribution in [2.24, 2.45) is 0 Å². The highest BCUT2D eigenvalue weighted by Gasteiger charge is 2.32. The molecule has 16 heavy (non-hydrogen) atoms. The molecule has 1 heterocycles. The fourth-order valence-electron chi connectivity index (χ4n) is 1.44. The third-order valence-corrected chi connectivity index (χ3v) is 2.21. The number of anilines is 1. The Bertz CT molecular complexity index is 483. The number of amides is 2. The maximum Gasteiger partial charge on any atom is 0.336 e. The van der Waals surface area contributed by atoms with E-state index in [1.807, 2.05) is 0 Å². The Labute approximate surface area is 90.3 Å². The van der Waals surface area contributed by atoms with Gasteiger partial charge in [0.05, 0.1) is 11.3 Å². The predicted octanol–water partition coefficient (Wildman–Crippen LogP) is -0.178. The van der Waals surface area contributed by atoms with E-state index in [0.29, 0.717) is 5.69 Å². The van der Waals surface area contributed by atoms with Crippen molar-refractivity contribution in [1.82, 2.24) is 5.32 Å². The number of carbonyl (C=O) groups is 3. The van der Waals surface area contributed by atoms with Crippen molar-refractivity contribution in [3.8, 4) is 0 Å². The van der Waals surface area contributed by atoms with Crippen LogP contribution >= 0.6 is 0 Å². The summed E-state index contributed by atoms with van der Waals surface area (Å²) < 4.78 is 0. The average molecular weight is 220 g/mol. The molecule has 0 aliphatic carbocycles. The molecular weight excluding hydrogens is 212 g/mol. The molecule has 1 unspecified atom stereocenters. The van der Waals surface area contributed by atoms with Crippen LogP contribution in [0.3, 0.4) is 0 Å². The topological polar surface area (TPSA) is 95.5 Å². The van der Waals surface area contributed by atoms with Gasteiger partial charge in [-0.2, -0.15) is 0 Å². The number of nitrogens with one attached hydrogen (secondary N) is 2. The quantitative estimate of drug-likeness (QED) is 0.572. The second kappa shape index (κ2) is 3.65. The minimum absolute atomic E-state index is 0.250. The molecule has 6 nitrogen and oxygen atoms in total. The van der Waals surface area contributed by atoms with Gasteiger partial charge in [0.1, 0.15) is 0 Å². The second-order valence-corrected chi connectivity index (χ2v) is 3.28. The normalized spacial score (nSPS) is 19.1. The summed E-state index contributed by atoms with van der Waals surface area (Å²) in [6, 6.07) is 4.77. The summed E-state index contributed by atoms with van der Waals surface area (Å²) in [6.45, 7) is 0. The van der Waals surface area contributed by atoms with Crippen LogP contribution in [0.1, 0.15) is 10.4 Å². The van der Waals surface area contributed by atoms with Gasteiger partial charge in [0, 0.05) is 0 Å². The third-order valence-electron chi connectivity index (χ3n) is 2.21. The van der Waals surface area contributed by atoms with E-state index >= 15 is 0 Å². The second-order valence-electron chi connectivity index (χ2n) is 3.28. The van der Waals surface area contributed by atoms with Gasteiger partial charge in [0.2, 0.25) is 6.04 Å². The van der Waals surface area contributed by atoms with Gasteiger partial charge < -0.3 is 15.7 Å². The lowest BCUT2D eigenvalue weighted by atomic mass is 10.2. The van der Waals surface area contributed by atoms with E-state index in [9.17, 15) is 14.4 Å². The summed E-state index contributed by atoms with van der Waals surface area (Å²) in [4.78, 5) is 33.8. The van der Waals surface area contributed by atoms with Crippen LogP contribution in [0.15, 0.2) is 24.3 Å². The molecule has 1 aromatic rings. The first-order valence-corrected chi connectivity index (χ1v) is 4.53. The zero-order valence-corrected chi connectivity index (χ0v) is 8.06. The number of rotatable bonds is 1. The molecule has 0 aromatic heterocycles. The number of carbonyl (C=O) groups excluding carboxylic acids is 2. The van der Waals surface area contributed by atoms with Crippen LogP contribution in [-0.4, -0.2) is 28.9 Å². The summed E-state index contributed by atoms with van der Waals surface area (Å²) in [7, 11) is 0. The van der Waals surface area contributed by atoms with Crippen LogP contribution in [0.4, 0.5) is 5.69 Å². The molecule has 3 N–H and O–H groups in total. The Hall–Kier alpha value is -2.37. The van der Waals surface area contributed by atoms with Crippen molar-refractivity contribution in [2.45, 2.75) is 6.04 Å². The largest absolute Gasteiger partial charge is 0.479 e. The van der Waals surface area contributed by atoms with Gasteiger partial charge in [-0.1, -0.05) is 12.1 Å². The Morgan fingerprint density at radius 3 is 2.62 bits per heavy atom. The molecular formula is C10H8N2O4. The van der Waals surface area contributed by atoms with Crippen LogP contribution in [-0.2, 0) is 9.59 Å². The van der Waals surface area contributed by atoms with Crippen molar-refractivity contribution in [2.75, 3.05) is 5.32 Å². The van der Waals surface area contributed by atoms with E-state index in [2.05, 4.69) is 10.6 Å². The van der Waals surface area contributed by atoms with E-state index in [0.717, 1.165) is 0 Å². The molecule has 1 aliphatic heterocycles. The highest BCUT2D eigenvalue weighted by atomic mass is 16.4. The number of aliphatic carboxylic acids is 1. The van der Waals surface area contributed by atoms with Crippen LogP contribution in [0.5, 0.6) is 0 Å². The molecule has 2 amide bonds. The van der Waals surface area contributed by atoms with Crippen molar-refractivity contribution in [3.63, 3.8) is 0 Å². The maximum absolute atomic E-state index is 11.6. The van der Waals surface area contributed by atoms with Crippen LogP contribution < -0.4 is 10.6 Å². The first-order valence-electron chi connectivity index (χ1n) is 4.53. The summed E-state index contributed by atoms with van der Waals surface area (Å²) in [6.07, 6.45) is 0. The Morgan fingerprint density at radius 2 is 1.94 bits per heavy atom. The molecule has 0 bridgehead atoms. The summed E-state index contributed by atoms with van der Waals surface area (Å²) >= 11 is 0. The fourth-order valence-corrected chi connectivity index (χ4v) is 1.44. The van der Waals surface area contributed by atoms with Crippen molar-refractivity contribution < 1.29 is 19.5 Å². The third kappa shape index (κ3) is 1.60. The first kappa shape index (κ1) is 10.2. The lowest BCUT2D eigenvalue weighted by molar-refractivity contribution is -0.142. The zero-order valence-electron chi connectivity index (χ0n) is 8.06. The molecule has 1 aliphatic rings. The van der Waals surface area contributed by atoms with Gasteiger partial charge in [-0.15, -0.1) is 0 Å². The molecule has 1 aromatic carbocycles. The van der Waals surface area contributed by atoms with Crippen molar-refractivity contribution in [3.05, 3.63) is 29.8 Å². The highest BCUT2D eigenvalue weighted by Crippen LogP contribution is 2.17. The van der Waals surface area contributed by atoms with Crippen molar-refractivity contribution in [1.29, 1.82) is 0 Å². The molecule has 0 spiro atoms. The number of para-hydroxylation sites is 1. The Kier molecular flexibility index (Phi) is 2.32. The number of fused-ring (bicyclic) bond motifs is 1. The molecule has 0 radical (unpaired) electrons. The Morgan fingerprint density at radius 1 is 1.25 bits per heavy atom. The molecule has 2 rings (SSSR count). The summed E-state index contributed by atoms with van der Waals surface area (Å²) in [5.74, 6) is -2.73. The SMILES string of the molecule is O=C1NC(C(=O)O)C(=O)Nc2ccccc21. The number of hydrogen-bond acceptors (Lipinski definition) is 3. The number of carboxylic acid groups (broad SMARTS) is 1. The van der Waals surface area contributed by atoms with Gasteiger partial charge in [-0.3, -0.25) is 9.59 Å². The average Bonchev–Trinajstić information content (AvgIpc) is 2.37. The monoisotopic (exact) mass is 220 g/mol. The van der Waals surface area contributed by atoms with Gasteiger partial charge >= 0.3 is 5.97 Å². The lowest BCUT2D eigenvalue weighted by Gasteiger charge is -2.08. The number of hydrogen-bond donors (Lipinski definition) is 3. The molecule has 0 fully saturated rings. The van der Waals surface area contributed by atoms with E-state index in [-0.39, 0.29) is 5.56 Å². The number of benzene rings is 1. The smallest absolute Gasteiger partial charge is 0.336 e. The van der Waals surface area contributed by atoms with Gasteiger partial charge in [-0.25, -0.2) is 4.79 Å². The first-order chi connectivity index (χ1) is 7.59. The zero-order chi connectivity index (χ0) is 11.7. The standard InChI is InChI=1S/C10H8N2O4/c13-8-5-3-1-2-4-6(5)11-9(14)7(12-8)10(15)16/h1-4,7H,(H,11,14)(H,12,13)(H,15,16). The van der Waals surface area contributed by atoms with Crippen LogP contribution in [0.2, 0.25) is 0 Å². The number of carboxylic acids is 1. The van der Waals surface area contributed by atoms with E-state index < -0.39 is 23.8 Å². The minimum atomic E-state index is -1.56. The molecule has 82 valence electrons. The maximum atomic E-state index is 11.6. The molecule has 0 saturated heterocycles. The fraction of sp³-hybridized carbons (Fsp3) is 0.100. The van der Waals surface area contributed by atoms with E-state index in [4.69, 9.17) is 5.11 Å². The van der Waals surface area contributed by atoms with Crippen molar-refractivity contribution >= 4 is 23.5 Å². The minimum Gasteiger partial charge on any atom is -0.479 e. The van der Waals surface area contributed by atoms with E-state index in [1.165, 1.54) is 12.1 Å². The van der Waals surface area contributed by atoms with Crippen LogP contribution in [0.25, 0.3) is 0 Å². The lowest BCUT2D eigenvalue weighted by Crippen LogP contribution is -2.46. The van der Waals surface area contributed by atoms with Gasteiger partial charge in [-0.05, 0) is 12.1 Å².